The van der Waals surface area contributed by atoms with Crippen molar-refractivity contribution in [3.63, 3.8) is 0 Å². The molecule has 0 saturated carbocycles. The van der Waals surface area contributed by atoms with Crippen LogP contribution in [0.3, 0.4) is 0 Å². The third-order valence-electron chi connectivity index (χ3n) is 4.82. The van der Waals surface area contributed by atoms with Crippen molar-refractivity contribution >= 4 is 17.3 Å². The minimum absolute atomic E-state index is 0.0553. The van der Waals surface area contributed by atoms with E-state index in [1.54, 1.807) is 0 Å². The third kappa shape index (κ3) is 3.91. The molecule has 26 heavy (non-hydrogen) atoms. The van der Waals surface area contributed by atoms with Gasteiger partial charge >= 0.3 is 0 Å². The summed E-state index contributed by atoms with van der Waals surface area (Å²) in [7, 11) is 4.18. The van der Waals surface area contributed by atoms with Gasteiger partial charge in [0.1, 0.15) is 0 Å². The Morgan fingerprint density at radius 2 is 2.00 bits per heavy atom. The van der Waals surface area contributed by atoms with Crippen LogP contribution >= 0.6 is 12.2 Å². The van der Waals surface area contributed by atoms with Gasteiger partial charge in [0.2, 0.25) is 0 Å². The molecule has 2 aromatic heterocycles. The normalized spacial score (nSPS) is 20.7. The fourth-order valence-electron chi connectivity index (χ4n) is 3.32. The van der Waals surface area contributed by atoms with E-state index in [0.29, 0.717) is 0 Å². The Morgan fingerprint density at radius 1 is 1.23 bits per heavy atom. The number of thiocarbonyl (C=S) groups is 1. The molecule has 1 aliphatic rings. The first-order valence-corrected chi connectivity index (χ1v) is 9.49. The first kappa shape index (κ1) is 18.9. The maximum Gasteiger partial charge on any atom is 0.170 e. The summed E-state index contributed by atoms with van der Waals surface area (Å²) >= 11 is 5.69. The molecule has 0 amide bonds. The van der Waals surface area contributed by atoms with E-state index >= 15 is 0 Å². The lowest BCUT2D eigenvalue weighted by Gasteiger charge is -2.28. The van der Waals surface area contributed by atoms with Gasteiger partial charge in [0.15, 0.2) is 5.11 Å². The highest BCUT2D eigenvalue weighted by molar-refractivity contribution is 7.80. The molecule has 1 fully saturated rings. The average Bonchev–Trinajstić information content (AvgIpc) is 3.18. The summed E-state index contributed by atoms with van der Waals surface area (Å²) in [5.41, 5.74) is 2.34. The molecular formula is C20H29N5S. The molecule has 1 aliphatic heterocycles. The van der Waals surface area contributed by atoms with Gasteiger partial charge in [0, 0.05) is 37.2 Å². The van der Waals surface area contributed by atoms with Crippen molar-refractivity contribution in [1.29, 1.82) is 0 Å². The van der Waals surface area contributed by atoms with Crippen LogP contribution in [0, 0.1) is 0 Å². The quantitative estimate of drug-likeness (QED) is 0.817. The molecule has 0 spiro atoms. The smallest absolute Gasteiger partial charge is 0.170 e. The minimum Gasteiger partial charge on any atom is -0.352 e. The van der Waals surface area contributed by atoms with Gasteiger partial charge in [-0.15, -0.1) is 0 Å². The predicted molar refractivity (Wildman–Crippen MR) is 110 cm³/mol. The van der Waals surface area contributed by atoms with Gasteiger partial charge in [-0.1, -0.05) is 6.07 Å². The number of aromatic nitrogens is 2. The third-order valence-corrected chi connectivity index (χ3v) is 5.17. The van der Waals surface area contributed by atoms with E-state index in [4.69, 9.17) is 12.2 Å². The molecule has 1 saturated heterocycles. The molecule has 5 nitrogen and oxygen atoms in total. The highest BCUT2D eigenvalue weighted by atomic mass is 32.1. The fourth-order valence-corrected chi connectivity index (χ4v) is 3.65. The highest BCUT2D eigenvalue weighted by Crippen LogP contribution is 2.38. The van der Waals surface area contributed by atoms with E-state index in [9.17, 15) is 0 Å². The van der Waals surface area contributed by atoms with Crippen LogP contribution in [0.15, 0.2) is 42.9 Å². The van der Waals surface area contributed by atoms with E-state index in [2.05, 4.69) is 84.1 Å². The maximum atomic E-state index is 5.69. The zero-order valence-corrected chi connectivity index (χ0v) is 17.1. The monoisotopic (exact) mass is 371 g/mol. The summed E-state index contributed by atoms with van der Waals surface area (Å²) in [6, 6.07) is 8.47. The number of rotatable bonds is 5. The van der Waals surface area contributed by atoms with E-state index in [1.165, 1.54) is 5.56 Å². The summed E-state index contributed by atoms with van der Waals surface area (Å²) in [6.07, 6.45) is 6.26. The molecule has 6 heteroatoms. The number of hydrogen-bond donors (Lipinski definition) is 1. The topological polar surface area (TPSA) is 36.3 Å². The Hall–Kier alpha value is -1.92. The molecule has 3 rings (SSSR count). The van der Waals surface area contributed by atoms with Gasteiger partial charge < -0.3 is 19.7 Å². The second kappa shape index (κ2) is 7.37. The number of nitrogens with one attached hydrogen (secondary N) is 1. The van der Waals surface area contributed by atoms with Crippen LogP contribution in [-0.4, -0.2) is 51.6 Å². The molecule has 0 aliphatic carbocycles. The van der Waals surface area contributed by atoms with Gasteiger partial charge in [-0.2, -0.15) is 0 Å². The van der Waals surface area contributed by atoms with Crippen LogP contribution < -0.4 is 5.32 Å². The molecule has 2 atom stereocenters. The van der Waals surface area contributed by atoms with Gasteiger partial charge in [-0.25, -0.2) is 0 Å². The minimum atomic E-state index is 0.0553. The van der Waals surface area contributed by atoms with E-state index in [0.717, 1.165) is 23.9 Å². The van der Waals surface area contributed by atoms with E-state index in [-0.39, 0.29) is 17.6 Å². The predicted octanol–water partition coefficient (Wildman–Crippen LogP) is 3.17. The molecule has 140 valence electrons. The first-order valence-electron chi connectivity index (χ1n) is 9.08. The zero-order valence-electron chi connectivity index (χ0n) is 16.3. The Morgan fingerprint density at radius 3 is 2.58 bits per heavy atom. The molecular weight excluding hydrogens is 342 g/mol. The Bertz CT molecular complexity index is 747. The summed E-state index contributed by atoms with van der Waals surface area (Å²) in [6.45, 7) is 8.48. The second-order valence-corrected chi connectivity index (χ2v) is 8.53. The van der Waals surface area contributed by atoms with Crippen molar-refractivity contribution in [1.82, 2.24) is 24.7 Å². The van der Waals surface area contributed by atoms with Crippen molar-refractivity contribution < 1.29 is 0 Å². The zero-order chi connectivity index (χ0) is 18.9. The number of hydrogen-bond acceptors (Lipinski definition) is 3. The van der Waals surface area contributed by atoms with E-state index in [1.807, 2.05) is 18.3 Å². The molecule has 0 radical (unpaired) electrons. The summed E-state index contributed by atoms with van der Waals surface area (Å²) < 4.78 is 2.27. The van der Waals surface area contributed by atoms with Crippen molar-refractivity contribution in [2.24, 2.45) is 0 Å². The van der Waals surface area contributed by atoms with Crippen molar-refractivity contribution in [3.05, 3.63) is 54.1 Å². The van der Waals surface area contributed by atoms with Crippen molar-refractivity contribution in [2.45, 2.75) is 38.4 Å². The van der Waals surface area contributed by atoms with Gasteiger partial charge in [0.05, 0.1) is 17.8 Å². The van der Waals surface area contributed by atoms with Crippen LogP contribution in [0.5, 0.6) is 0 Å². The van der Waals surface area contributed by atoms with Crippen LogP contribution in [0.4, 0.5) is 0 Å². The lowest BCUT2D eigenvalue weighted by molar-refractivity contribution is 0.277. The summed E-state index contributed by atoms with van der Waals surface area (Å²) in [5, 5.41) is 4.31. The molecule has 2 aromatic rings. The van der Waals surface area contributed by atoms with E-state index < -0.39 is 0 Å². The Balaban J connectivity index is 1.97. The van der Waals surface area contributed by atoms with Crippen LogP contribution in [-0.2, 0) is 5.54 Å². The first-order chi connectivity index (χ1) is 12.3. The largest absolute Gasteiger partial charge is 0.352 e. The molecule has 0 bridgehead atoms. The molecule has 0 unspecified atom stereocenters. The molecule has 0 aromatic carbocycles. The number of likely N-dealkylation sites (N-methyl/N-ethyl adjacent to an activating group) is 1. The Labute approximate surface area is 162 Å². The summed E-state index contributed by atoms with van der Waals surface area (Å²) in [5.74, 6) is 0. The van der Waals surface area contributed by atoms with Gasteiger partial charge in [-0.05, 0) is 70.8 Å². The van der Waals surface area contributed by atoms with Gasteiger partial charge in [-0.3, -0.25) is 4.98 Å². The standard InChI is InChI=1S/C20H29N5S/c1-20(2,3)24-11-9-15(14-24)18-17(16-8-6-7-10-21-16)22-19(26)25(18)13-12-23(4)5/h6-11,14,17-18H,12-13H2,1-5H3,(H,22,26)/t17-,18+/m0/s1. The molecule has 3 heterocycles. The summed E-state index contributed by atoms with van der Waals surface area (Å²) in [4.78, 5) is 9.08. The molecule has 1 N–H and O–H groups in total. The number of pyridine rings is 1. The Kier molecular flexibility index (Phi) is 5.34. The lowest BCUT2D eigenvalue weighted by atomic mass is 9.99. The van der Waals surface area contributed by atoms with Crippen LogP contribution in [0.1, 0.15) is 44.1 Å². The SMILES string of the molecule is CN(C)CCN1C(=S)N[C@@H](c2ccccn2)[C@H]1c1ccn(C(C)(C)C)c1. The van der Waals surface area contributed by atoms with Crippen molar-refractivity contribution in [2.75, 3.05) is 27.2 Å². The van der Waals surface area contributed by atoms with Gasteiger partial charge in [0.25, 0.3) is 0 Å². The fraction of sp³-hybridized carbons (Fsp3) is 0.500. The highest BCUT2D eigenvalue weighted by Gasteiger charge is 2.40. The van der Waals surface area contributed by atoms with Crippen LogP contribution in [0.25, 0.3) is 0 Å². The lowest BCUT2D eigenvalue weighted by Crippen LogP contribution is -2.35. The number of nitrogens with zero attached hydrogens (tertiary/aromatic N) is 4. The van der Waals surface area contributed by atoms with Crippen LogP contribution in [0.2, 0.25) is 0 Å². The van der Waals surface area contributed by atoms with Crippen molar-refractivity contribution in [3.8, 4) is 0 Å². The maximum absolute atomic E-state index is 5.69. The average molecular weight is 372 g/mol. The second-order valence-electron chi connectivity index (χ2n) is 8.15.